The lowest BCUT2D eigenvalue weighted by atomic mass is 10.1. The number of amides is 1. The fraction of sp³-hybridized carbons (Fsp3) is 0.0769. The van der Waals surface area contributed by atoms with Gasteiger partial charge in [0, 0.05) is 34.2 Å². The number of anilines is 1. The first-order chi connectivity index (χ1) is 16.3. The number of aromatic nitrogens is 1. The van der Waals surface area contributed by atoms with E-state index in [2.05, 4.69) is 5.10 Å². The fourth-order valence-electron chi connectivity index (χ4n) is 3.98. The normalized spacial score (nSPS) is 15.4. The number of halogens is 4. The van der Waals surface area contributed by atoms with Crippen LogP contribution in [0.5, 0.6) is 0 Å². The van der Waals surface area contributed by atoms with Crippen molar-refractivity contribution in [3.8, 4) is 0 Å². The van der Waals surface area contributed by atoms with E-state index in [-0.39, 0.29) is 5.69 Å². The van der Waals surface area contributed by atoms with Crippen molar-refractivity contribution in [1.29, 1.82) is 0 Å². The molecular weight excluding hydrogens is 463 g/mol. The molecule has 8 heteroatoms. The molecule has 4 aromatic rings. The minimum Gasteiger partial charge on any atom is -0.342 e. The molecule has 170 valence electrons. The molecule has 2 heterocycles. The highest BCUT2D eigenvalue weighted by molar-refractivity contribution is 6.34. The monoisotopic (exact) mass is 479 g/mol. The third kappa shape index (κ3) is 3.99. The Balaban J connectivity index is 1.62. The van der Waals surface area contributed by atoms with Crippen LogP contribution in [0, 0.1) is 0 Å². The number of nitrogens with zero attached hydrogens (tertiary/aromatic N) is 3. The van der Waals surface area contributed by atoms with Gasteiger partial charge < -0.3 is 4.57 Å². The number of fused-ring (bicyclic) bond motifs is 1. The minimum absolute atomic E-state index is 0.263. The molecule has 0 fully saturated rings. The van der Waals surface area contributed by atoms with Gasteiger partial charge >= 0.3 is 6.18 Å². The van der Waals surface area contributed by atoms with Gasteiger partial charge in [-0.25, -0.2) is 0 Å². The minimum atomic E-state index is -4.79. The van der Waals surface area contributed by atoms with Crippen molar-refractivity contribution in [2.75, 3.05) is 5.01 Å². The number of rotatable bonds is 4. The van der Waals surface area contributed by atoms with Crippen molar-refractivity contribution < 1.29 is 18.0 Å². The number of para-hydroxylation sites is 2. The van der Waals surface area contributed by atoms with Gasteiger partial charge in [-0.05, 0) is 35.9 Å². The molecule has 3 aromatic carbocycles. The zero-order valence-corrected chi connectivity index (χ0v) is 18.4. The van der Waals surface area contributed by atoms with E-state index in [1.54, 1.807) is 36.5 Å². The van der Waals surface area contributed by atoms with Gasteiger partial charge in [-0.1, -0.05) is 66.2 Å². The first-order valence-electron chi connectivity index (χ1n) is 10.4. The van der Waals surface area contributed by atoms with E-state index in [1.165, 1.54) is 18.2 Å². The SMILES string of the molecule is O=C1/C(=C\c2cn(Cc3ccccc3Cl)c3ccccc23)C(C(F)(F)F)=NN1c1ccccc1. The third-order valence-electron chi connectivity index (χ3n) is 5.56. The van der Waals surface area contributed by atoms with E-state index in [0.717, 1.165) is 21.5 Å². The third-order valence-corrected chi connectivity index (χ3v) is 5.93. The Morgan fingerprint density at radius 3 is 2.32 bits per heavy atom. The van der Waals surface area contributed by atoms with Crippen LogP contribution >= 0.6 is 11.6 Å². The van der Waals surface area contributed by atoms with Gasteiger partial charge in [0.25, 0.3) is 5.91 Å². The molecule has 4 nitrogen and oxygen atoms in total. The molecule has 0 saturated heterocycles. The van der Waals surface area contributed by atoms with Crippen LogP contribution in [-0.2, 0) is 11.3 Å². The smallest absolute Gasteiger partial charge is 0.342 e. The Hall–Kier alpha value is -3.84. The topological polar surface area (TPSA) is 37.6 Å². The number of alkyl halides is 3. The Morgan fingerprint density at radius 1 is 0.912 bits per heavy atom. The molecule has 0 aliphatic carbocycles. The largest absolute Gasteiger partial charge is 0.435 e. The Morgan fingerprint density at radius 2 is 1.59 bits per heavy atom. The molecule has 5 rings (SSSR count). The standard InChI is InChI=1S/C26H17ClF3N3O/c27-22-12-6-4-8-17(22)15-32-16-18(20-11-5-7-13-23(20)32)14-21-24(26(28,29)30)31-33(25(21)34)19-9-2-1-3-10-19/h1-14,16H,15H2/b21-14-. The summed E-state index contributed by atoms with van der Waals surface area (Å²) in [6.07, 6.45) is -1.79. The van der Waals surface area contributed by atoms with Gasteiger partial charge in [0.05, 0.1) is 11.3 Å². The van der Waals surface area contributed by atoms with Gasteiger partial charge in [0.2, 0.25) is 0 Å². The van der Waals surface area contributed by atoms with Gasteiger partial charge in [0.15, 0.2) is 5.71 Å². The Kier molecular flexibility index (Phi) is 5.49. The second kappa shape index (κ2) is 8.50. The van der Waals surface area contributed by atoms with Gasteiger partial charge in [-0.3, -0.25) is 4.79 Å². The summed E-state index contributed by atoms with van der Waals surface area (Å²) in [4.78, 5) is 13.1. The number of hydrogen-bond donors (Lipinski definition) is 0. The molecule has 0 N–H and O–H groups in total. The molecule has 34 heavy (non-hydrogen) atoms. The molecule has 0 atom stereocenters. The molecule has 1 aliphatic rings. The van der Waals surface area contributed by atoms with E-state index in [1.807, 2.05) is 41.0 Å². The number of hydrazone groups is 1. The maximum absolute atomic E-state index is 13.9. The van der Waals surface area contributed by atoms with Gasteiger partial charge in [0.1, 0.15) is 0 Å². The van der Waals surface area contributed by atoms with Crippen molar-refractivity contribution in [3.63, 3.8) is 0 Å². The average Bonchev–Trinajstić information content (AvgIpc) is 3.34. The summed E-state index contributed by atoms with van der Waals surface area (Å²) in [5.41, 5.74) is 0.706. The highest BCUT2D eigenvalue weighted by Gasteiger charge is 2.46. The maximum atomic E-state index is 13.9. The number of benzene rings is 3. The first-order valence-corrected chi connectivity index (χ1v) is 10.8. The summed E-state index contributed by atoms with van der Waals surface area (Å²) < 4.78 is 43.5. The van der Waals surface area contributed by atoms with Crippen LogP contribution in [0.15, 0.2) is 95.7 Å². The lowest BCUT2D eigenvalue weighted by Crippen LogP contribution is -2.25. The molecule has 0 bridgehead atoms. The second-order valence-corrected chi connectivity index (χ2v) is 8.18. The van der Waals surface area contributed by atoms with E-state index >= 15 is 0 Å². The number of carbonyl (C=O) groups excluding carboxylic acids is 1. The van der Waals surface area contributed by atoms with Crippen LogP contribution in [0.4, 0.5) is 18.9 Å². The quantitative estimate of drug-likeness (QED) is 0.300. The van der Waals surface area contributed by atoms with Gasteiger partial charge in [-0.2, -0.15) is 23.3 Å². The molecular formula is C26H17ClF3N3O. The van der Waals surface area contributed by atoms with Crippen molar-refractivity contribution in [2.45, 2.75) is 12.7 Å². The van der Waals surface area contributed by atoms with Crippen LogP contribution in [0.25, 0.3) is 17.0 Å². The zero-order chi connectivity index (χ0) is 23.9. The number of carbonyl (C=O) groups is 1. The summed E-state index contributed by atoms with van der Waals surface area (Å²) in [7, 11) is 0. The molecule has 0 spiro atoms. The lowest BCUT2D eigenvalue weighted by molar-refractivity contribution is -0.114. The molecule has 0 radical (unpaired) electrons. The van der Waals surface area contributed by atoms with Crippen molar-refractivity contribution in [2.24, 2.45) is 5.10 Å². The molecule has 1 aromatic heterocycles. The van der Waals surface area contributed by atoms with E-state index in [0.29, 0.717) is 17.1 Å². The number of hydrogen-bond acceptors (Lipinski definition) is 2. The van der Waals surface area contributed by atoms with Crippen LogP contribution in [0.2, 0.25) is 5.02 Å². The van der Waals surface area contributed by atoms with Crippen LogP contribution in [0.3, 0.4) is 0 Å². The Labute approximate surface area is 198 Å². The second-order valence-electron chi connectivity index (χ2n) is 7.78. The summed E-state index contributed by atoms with van der Waals surface area (Å²) in [5, 5.41) is 5.74. The van der Waals surface area contributed by atoms with Gasteiger partial charge in [-0.15, -0.1) is 0 Å². The van der Waals surface area contributed by atoms with Crippen LogP contribution < -0.4 is 5.01 Å². The fourth-order valence-corrected chi connectivity index (χ4v) is 4.18. The van der Waals surface area contributed by atoms with Crippen LogP contribution in [-0.4, -0.2) is 22.4 Å². The maximum Gasteiger partial charge on any atom is 0.435 e. The van der Waals surface area contributed by atoms with E-state index < -0.39 is 23.4 Å². The summed E-state index contributed by atoms with van der Waals surface area (Å²) >= 11 is 6.32. The first kappa shape index (κ1) is 22.0. The highest BCUT2D eigenvalue weighted by atomic mass is 35.5. The molecule has 0 unspecified atom stereocenters. The molecule has 0 saturated carbocycles. The van der Waals surface area contributed by atoms with Crippen molar-refractivity contribution >= 4 is 45.9 Å². The Bertz CT molecular complexity index is 1460. The van der Waals surface area contributed by atoms with E-state index in [9.17, 15) is 18.0 Å². The zero-order valence-electron chi connectivity index (χ0n) is 17.6. The predicted molar refractivity (Wildman–Crippen MR) is 128 cm³/mol. The van der Waals surface area contributed by atoms with E-state index in [4.69, 9.17) is 11.6 Å². The van der Waals surface area contributed by atoms with Crippen molar-refractivity contribution in [1.82, 2.24) is 4.57 Å². The summed E-state index contributed by atoms with van der Waals surface area (Å²) in [6, 6.07) is 22.8. The predicted octanol–water partition coefficient (Wildman–Crippen LogP) is 6.69. The molecule has 1 aliphatic heterocycles. The lowest BCUT2D eigenvalue weighted by Gasteiger charge is -2.10. The summed E-state index contributed by atoms with van der Waals surface area (Å²) in [5.74, 6) is -0.832. The summed E-state index contributed by atoms with van der Waals surface area (Å²) in [6.45, 7) is 0.424. The average molecular weight is 480 g/mol. The van der Waals surface area contributed by atoms with Crippen molar-refractivity contribution in [3.05, 3.63) is 107 Å². The van der Waals surface area contributed by atoms with Crippen LogP contribution in [0.1, 0.15) is 11.1 Å². The molecule has 1 amide bonds. The highest BCUT2D eigenvalue weighted by Crippen LogP contribution is 2.34.